The molecule has 2 atom stereocenters. The average molecular weight is 276 g/mol. The first-order chi connectivity index (χ1) is 8.51. The lowest BCUT2D eigenvalue weighted by molar-refractivity contribution is 0.0140. The first-order valence-corrected chi connectivity index (χ1v) is 5.67. The number of hydrogen-bond acceptors (Lipinski definition) is 7. The highest BCUT2D eigenvalue weighted by Gasteiger charge is 2.22. The molecule has 0 aliphatic carbocycles. The lowest BCUT2D eigenvalue weighted by Gasteiger charge is -2.16. The molecule has 18 heavy (non-hydrogen) atoms. The molecule has 0 saturated heterocycles. The molecular formula is C10H14ClN3O4. The molecule has 0 fully saturated rings. The van der Waals surface area contributed by atoms with Crippen LogP contribution in [0.15, 0.2) is 6.20 Å². The van der Waals surface area contributed by atoms with Crippen LogP contribution in [0.2, 0.25) is 0 Å². The Morgan fingerprint density at radius 2 is 2.28 bits per heavy atom. The number of hydrogen-bond donors (Lipinski definition) is 3. The molecule has 0 spiro atoms. The van der Waals surface area contributed by atoms with E-state index in [2.05, 4.69) is 14.7 Å². The first kappa shape index (κ1) is 14.6. The summed E-state index contributed by atoms with van der Waals surface area (Å²) in [5.74, 6) is -0.685. The van der Waals surface area contributed by atoms with Crippen LogP contribution in [0.5, 0.6) is 0 Å². The summed E-state index contributed by atoms with van der Waals surface area (Å²) in [5.41, 5.74) is 5.29. The zero-order valence-corrected chi connectivity index (χ0v) is 10.5. The standard InChI is InChI=1S/C10H14ClN3O4/c1-18-10(17)7-9(12)13-4-5(14-7)8(16)6(15)2-3-11/h4,6,8,15-16H,2-3H2,1H3,(H2,12,13). The Hall–Kier alpha value is -1.44. The van der Waals surface area contributed by atoms with Crippen LogP contribution in [0.1, 0.15) is 28.7 Å². The van der Waals surface area contributed by atoms with Gasteiger partial charge in [-0.15, -0.1) is 11.6 Å². The quantitative estimate of drug-likeness (QED) is 0.506. The second-order valence-electron chi connectivity index (χ2n) is 3.51. The van der Waals surface area contributed by atoms with Gasteiger partial charge in [0, 0.05) is 5.88 Å². The van der Waals surface area contributed by atoms with Gasteiger partial charge >= 0.3 is 5.97 Å². The molecule has 1 rings (SSSR count). The van der Waals surface area contributed by atoms with Gasteiger partial charge in [0.05, 0.1) is 25.1 Å². The predicted octanol–water partition coefficient (Wildman–Crippen LogP) is -0.131. The summed E-state index contributed by atoms with van der Waals surface area (Å²) >= 11 is 5.46. The third kappa shape index (κ3) is 3.28. The van der Waals surface area contributed by atoms with Gasteiger partial charge in [0.2, 0.25) is 0 Å². The highest BCUT2D eigenvalue weighted by atomic mass is 35.5. The number of rotatable bonds is 5. The molecule has 2 unspecified atom stereocenters. The van der Waals surface area contributed by atoms with Crippen LogP contribution in [0.3, 0.4) is 0 Å². The fourth-order valence-electron chi connectivity index (χ4n) is 1.27. The minimum absolute atomic E-state index is 0.0298. The number of aliphatic hydroxyl groups excluding tert-OH is 2. The van der Waals surface area contributed by atoms with Crippen LogP contribution in [-0.2, 0) is 4.74 Å². The van der Waals surface area contributed by atoms with Gasteiger partial charge in [0.1, 0.15) is 6.10 Å². The normalized spacial score (nSPS) is 14.0. The lowest BCUT2D eigenvalue weighted by Crippen LogP contribution is -2.22. The van der Waals surface area contributed by atoms with Crippen molar-refractivity contribution in [2.75, 3.05) is 18.7 Å². The maximum Gasteiger partial charge on any atom is 0.360 e. The van der Waals surface area contributed by atoms with Crippen molar-refractivity contribution in [3.05, 3.63) is 17.6 Å². The molecule has 4 N–H and O–H groups in total. The molecule has 100 valence electrons. The van der Waals surface area contributed by atoms with E-state index in [1.165, 1.54) is 13.3 Å². The van der Waals surface area contributed by atoms with E-state index in [4.69, 9.17) is 17.3 Å². The first-order valence-electron chi connectivity index (χ1n) is 5.14. The predicted molar refractivity (Wildman–Crippen MR) is 64.1 cm³/mol. The molecule has 0 bridgehead atoms. The van der Waals surface area contributed by atoms with Crippen LogP contribution in [0.4, 0.5) is 5.82 Å². The Bertz CT molecular complexity index is 430. The summed E-state index contributed by atoms with van der Waals surface area (Å²) < 4.78 is 4.47. The number of aromatic nitrogens is 2. The van der Waals surface area contributed by atoms with Gasteiger partial charge in [-0.3, -0.25) is 0 Å². The number of halogens is 1. The van der Waals surface area contributed by atoms with Gasteiger partial charge in [-0.2, -0.15) is 0 Å². The van der Waals surface area contributed by atoms with Crippen molar-refractivity contribution in [2.24, 2.45) is 0 Å². The number of nitrogens with two attached hydrogens (primary N) is 1. The van der Waals surface area contributed by atoms with E-state index in [9.17, 15) is 15.0 Å². The zero-order valence-electron chi connectivity index (χ0n) is 9.71. The largest absolute Gasteiger partial charge is 0.464 e. The molecule has 1 aromatic heterocycles. The fraction of sp³-hybridized carbons (Fsp3) is 0.500. The van der Waals surface area contributed by atoms with Gasteiger partial charge in [-0.25, -0.2) is 14.8 Å². The molecular weight excluding hydrogens is 262 g/mol. The summed E-state index contributed by atoms with van der Waals surface area (Å²) in [5, 5.41) is 19.4. The third-order valence-corrected chi connectivity index (χ3v) is 2.49. The Morgan fingerprint density at radius 1 is 1.61 bits per heavy atom. The van der Waals surface area contributed by atoms with E-state index >= 15 is 0 Å². The van der Waals surface area contributed by atoms with Gasteiger partial charge < -0.3 is 20.7 Å². The molecule has 1 heterocycles. The number of nitrogen functional groups attached to an aromatic ring is 1. The number of carbonyl (C=O) groups excluding carboxylic acids is 1. The molecule has 7 nitrogen and oxygen atoms in total. The maximum atomic E-state index is 11.3. The SMILES string of the molecule is COC(=O)c1nc(C(O)C(O)CCCl)cnc1N. The Balaban J connectivity index is 3.00. The van der Waals surface area contributed by atoms with Crippen molar-refractivity contribution in [3.63, 3.8) is 0 Å². The zero-order chi connectivity index (χ0) is 13.7. The summed E-state index contributed by atoms with van der Waals surface area (Å²) in [4.78, 5) is 18.9. The molecule has 0 aromatic carbocycles. The van der Waals surface area contributed by atoms with Crippen molar-refractivity contribution < 1.29 is 19.7 Å². The van der Waals surface area contributed by atoms with Crippen molar-refractivity contribution >= 4 is 23.4 Å². The Morgan fingerprint density at radius 3 is 2.83 bits per heavy atom. The second-order valence-corrected chi connectivity index (χ2v) is 3.89. The molecule has 0 amide bonds. The van der Waals surface area contributed by atoms with Crippen LogP contribution in [0.25, 0.3) is 0 Å². The number of nitrogens with zero attached hydrogens (tertiary/aromatic N) is 2. The van der Waals surface area contributed by atoms with Crippen LogP contribution in [0, 0.1) is 0 Å². The number of alkyl halides is 1. The fourth-order valence-corrected chi connectivity index (χ4v) is 1.49. The number of anilines is 1. The average Bonchev–Trinajstić information content (AvgIpc) is 2.38. The van der Waals surface area contributed by atoms with Gasteiger partial charge in [0.15, 0.2) is 11.5 Å². The summed E-state index contributed by atoms with van der Waals surface area (Å²) in [7, 11) is 1.18. The molecule has 8 heteroatoms. The number of carbonyl (C=O) groups is 1. The summed E-state index contributed by atoms with van der Waals surface area (Å²) in [6.07, 6.45) is -1.02. The van der Waals surface area contributed by atoms with E-state index < -0.39 is 18.2 Å². The molecule has 1 aromatic rings. The van der Waals surface area contributed by atoms with Gasteiger partial charge in [-0.05, 0) is 6.42 Å². The summed E-state index contributed by atoms with van der Waals surface area (Å²) in [6.45, 7) is 0. The van der Waals surface area contributed by atoms with Crippen LogP contribution >= 0.6 is 11.6 Å². The van der Waals surface area contributed by atoms with Crippen molar-refractivity contribution in [1.82, 2.24) is 9.97 Å². The van der Waals surface area contributed by atoms with Crippen molar-refractivity contribution in [3.8, 4) is 0 Å². The Labute approximate surface area is 109 Å². The van der Waals surface area contributed by atoms with Crippen LogP contribution in [-0.4, -0.2) is 45.2 Å². The van der Waals surface area contributed by atoms with Gasteiger partial charge in [-0.1, -0.05) is 0 Å². The molecule has 0 radical (unpaired) electrons. The topological polar surface area (TPSA) is 119 Å². The van der Waals surface area contributed by atoms with E-state index in [0.717, 1.165) is 0 Å². The second kappa shape index (κ2) is 6.48. The smallest absolute Gasteiger partial charge is 0.360 e. The highest BCUT2D eigenvalue weighted by molar-refractivity contribution is 6.17. The Kier molecular flexibility index (Phi) is 5.26. The highest BCUT2D eigenvalue weighted by Crippen LogP contribution is 2.19. The monoisotopic (exact) mass is 275 g/mol. The molecule has 0 aliphatic heterocycles. The number of methoxy groups -OCH3 is 1. The minimum atomic E-state index is -1.29. The van der Waals surface area contributed by atoms with E-state index in [1.807, 2.05) is 0 Å². The number of esters is 1. The van der Waals surface area contributed by atoms with Crippen LogP contribution < -0.4 is 5.73 Å². The van der Waals surface area contributed by atoms with E-state index in [0.29, 0.717) is 0 Å². The number of ether oxygens (including phenoxy) is 1. The van der Waals surface area contributed by atoms with E-state index in [-0.39, 0.29) is 29.5 Å². The lowest BCUT2D eigenvalue weighted by atomic mass is 10.1. The van der Waals surface area contributed by atoms with Crippen molar-refractivity contribution in [1.29, 1.82) is 0 Å². The summed E-state index contributed by atoms with van der Waals surface area (Å²) in [6, 6.07) is 0. The molecule has 0 aliphatic rings. The minimum Gasteiger partial charge on any atom is -0.464 e. The number of aliphatic hydroxyl groups is 2. The maximum absolute atomic E-state index is 11.3. The molecule has 0 saturated carbocycles. The van der Waals surface area contributed by atoms with E-state index in [1.54, 1.807) is 0 Å². The van der Waals surface area contributed by atoms with Gasteiger partial charge in [0.25, 0.3) is 0 Å². The third-order valence-electron chi connectivity index (χ3n) is 2.27. The van der Waals surface area contributed by atoms with Crippen molar-refractivity contribution in [2.45, 2.75) is 18.6 Å².